The maximum Gasteiger partial charge on any atom is 0.245 e. The Hall–Kier alpha value is -1.20. The molecule has 0 atom stereocenters. The van der Waals surface area contributed by atoms with Crippen LogP contribution in [0.1, 0.15) is 18.2 Å². The van der Waals surface area contributed by atoms with Gasteiger partial charge in [0.15, 0.2) is 4.80 Å². The summed E-state index contributed by atoms with van der Waals surface area (Å²) in [7, 11) is 0. The molecule has 0 N–H and O–H groups in total. The summed E-state index contributed by atoms with van der Waals surface area (Å²) in [5.41, 5.74) is 2.28. The van der Waals surface area contributed by atoms with E-state index in [-0.39, 0.29) is 5.91 Å². The number of thiazole rings is 1. The SMILES string of the molecule is CC(=O)N=c1scc(C)n1Cc1ccccc1Br. The van der Waals surface area contributed by atoms with E-state index >= 15 is 0 Å². The maximum atomic E-state index is 11.1. The predicted octanol–water partition coefficient (Wildman–Crippen LogP) is 3.12. The fourth-order valence-electron chi connectivity index (χ4n) is 1.63. The second-order valence-electron chi connectivity index (χ2n) is 3.97. The lowest BCUT2D eigenvalue weighted by atomic mass is 10.2. The van der Waals surface area contributed by atoms with Gasteiger partial charge < -0.3 is 4.57 Å². The van der Waals surface area contributed by atoms with Gasteiger partial charge in [0, 0.05) is 22.5 Å². The Kier molecular flexibility index (Phi) is 4.14. The molecule has 18 heavy (non-hydrogen) atoms. The van der Waals surface area contributed by atoms with Crippen LogP contribution in [0.25, 0.3) is 0 Å². The average molecular weight is 325 g/mol. The first-order chi connectivity index (χ1) is 8.58. The highest BCUT2D eigenvalue weighted by Crippen LogP contribution is 2.17. The summed E-state index contributed by atoms with van der Waals surface area (Å²) in [5, 5.41) is 2.01. The van der Waals surface area contributed by atoms with Gasteiger partial charge in [-0.2, -0.15) is 4.99 Å². The molecule has 0 fully saturated rings. The second-order valence-corrected chi connectivity index (χ2v) is 5.66. The summed E-state index contributed by atoms with van der Waals surface area (Å²) >= 11 is 5.02. The first-order valence-electron chi connectivity index (χ1n) is 5.51. The zero-order valence-corrected chi connectivity index (χ0v) is 12.6. The number of amides is 1. The summed E-state index contributed by atoms with van der Waals surface area (Å²) in [6.07, 6.45) is 0. The largest absolute Gasteiger partial charge is 0.317 e. The molecule has 0 saturated carbocycles. The number of benzene rings is 1. The van der Waals surface area contributed by atoms with E-state index in [9.17, 15) is 4.79 Å². The summed E-state index contributed by atoms with van der Waals surface area (Å²) in [6.45, 7) is 4.20. The van der Waals surface area contributed by atoms with Gasteiger partial charge in [0.2, 0.25) is 5.91 Å². The minimum Gasteiger partial charge on any atom is -0.317 e. The third-order valence-electron chi connectivity index (χ3n) is 2.53. The second kappa shape index (κ2) is 5.63. The van der Waals surface area contributed by atoms with Crippen LogP contribution in [0, 0.1) is 6.92 Å². The third kappa shape index (κ3) is 2.97. The average Bonchev–Trinajstić information content (AvgIpc) is 2.64. The van der Waals surface area contributed by atoms with Crippen LogP contribution in [0.15, 0.2) is 39.1 Å². The number of nitrogens with zero attached hydrogens (tertiary/aromatic N) is 2. The summed E-state index contributed by atoms with van der Waals surface area (Å²) < 4.78 is 3.11. The number of hydrogen-bond acceptors (Lipinski definition) is 2. The lowest BCUT2D eigenvalue weighted by Crippen LogP contribution is -2.18. The number of aryl methyl sites for hydroxylation is 1. The van der Waals surface area contributed by atoms with Gasteiger partial charge in [-0.3, -0.25) is 4.79 Å². The molecule has 0 spiro atoms. The highest BCUT2D eigenvalue weighted by Gasteiger charge is 2.05. The molecule has 0 aliphatic rings. The van der Waals surface area contributed by atoms with Gasteiger partial charge >= 0.3 is 0 Å². The molecule has 3 nitrogen and oxygen atoms in total. The molecule has 0 saturated heterocycles. The molecule has 0 bridgehead atoms. The molecule has 0 aliphatic heterocycles. The lowest BCUT2D eigenvalue weighted by Gasteiger charge is -2.07. The topological polar surface area (TPSA) is 34.4 Å². The van der Waals surface area contributed by atoms with Crippen LogP contribution in [0.5, 0.6) is 0 Å². The van der Waals surface area contributed by atoms with Crippen molar-refractivity contribution in [3.8, 4) is 0 Å². The molecule has 1 heterocycles. The standard InChI is InChI=1S/C13H13BrN2OS/c1-9-8-18-13(15-10(2)17)16(9)7-11-5-3-4-6-12(11)14/h3-6,8H,7H2,1-2H3. The Balaban J connectivity index is 2.44. The summed E-state index contributed by atoms with van der Waals surface area (Å²) in [5.74, 6) is -0.169. The molecular formula is C13H13BrN2OS. The molecular weight excluding hydrogens is 312 g/mol. The molecule has 1 aromatic carbocycles. The lowest BCUT2D eigenvalue weighted by molar-refractivity contribution is -0.116. The third-order valence-corrected chi connectivity index (χ3v) is 4.29. The van der Waals surface area contributed by atoms with Crippen molar-refractivity contribution in [1.29, 1.82) is 0 Å². The molecule has 0 radical (unpaired) electrons. The van der Waals surface area contributed by atoms with Crippen LogP contribution in [-0.2, 0) is 11.3 Å². The Bertz CT molecular complexity index is 642. The number of rotatable bonds is 2. The monoisotopic (exact) mass is 324 g/mol. The minimum absolute atomic E-state index is 0.169. The number of carbonyl (C=O) groups is 1. The van der Waals surface area contributed by atoms with Gasteiger partial charge in [-0.1, -0.05) is 34.1 Å². The zero-order valence-electron chi connectivity index (χ0n) is 10.2. The number of halogens is 1. The van der Waals surface area contributed by atoms with E-state index in [1.807, 2.05) is 35.1 Å². The number of aromatic nitrogens is 1. The van der Waals surface area contributed by atoms with Crippen LogP contribution in [0.2, 0.25) is 0 Å². The zero-order chi connectivity index (χ0) is 13.1. The molecule has 2 aromatic rings. The first kappa shape index (κ1) is 13.2. The van der Waals surface area contributed by atoms with Gasteiger partial charge in [0.1, 0.15) is 0 Å². The highest BCUT2D eigenvalue weighted by atomic mass is 79.9. The Morgan fingerprint density at radius 1 is 1.44 bits per heavy atom. The molecule has 5 heteroatoms. The van der Waals surface area contributed by atoms with Crippen LogP contribution >= 0.6 is 27.3 Å². The van der Waals surface area contributed by atoms with Gasteiger partial charge in [0.25, 0.3) is 0 Å². The van der Waals surface area contributed by atoms with Crippen molar-refractivity contribution >= 4 is 33.2 Å². The van der Waals surface area contributed by atoms with E-state index in [4.69, 9.17) is 0 Å². The van der Waals surface area contributed by atoms with Crippen LogP contribution in [0.4, 0.5) is 0 Å². The van der Waals surface area contributed by atoms with E-state index in [1.54, 1.807) is 0 Å². The van der Waals surface area contributed by atoms with Crippen molar-refractivity contribution in [3.63, 3.8) is 0 Å². The smallest absolute Gasteiger partial charge is 0.245 e. The Labute approximate surface area is 118 Å². The highest BCUT2D eigenvalue weighted by molar-refractivity contribution is 9.10. The van der Waals surface area contributed by atoms with E-state index in [2.05, 4.69) is 27.0 Å². The Morgan fingerprint density at radius 2 is 2.17 bits per heavy atom. The fraction of sp³-hybridized carbons (Fsp3) is 0.231. The molecule has 1 aromatic heterocycles. The molecule has 0 unspecified atom stereocenters. The predicted molar refractivity (Wildman–Crippen MR) is 76.5 cm³/mol. The van der Waals surface area contributed by atoms with Gasteiger partial charge in [-0.25, -0.2) is 0 Å². The molecule has 1 amide bonds. The first-order valence-corrected chi connectivity index (χ1v) is 7.19. The molecule has 2 rings (SSSR count). The van der Waals surface area contributed by atoms with Crippen molar-refractivity contribution in [2.24, 2.45) is 4.99 Å². The molecule has 0 aliphatic carbocycles. The van der Waals surface area contributed by atoms with Crippen molar-refractivity contribution < 1.29 is 4.79 Å². The van der Waals surface area contributed by atoms with Gasteiger partial charge in [-0.05, 0) is 18.6 Å². The van der Waals surface area contributed by atoms with Crippen LogP contribution < -0.4 is 4.80 Å². The van der Waals surface area contributed by atoms with Crippen LogP contribution in [0.3, 0.4) is 0 Å². The number of carbonyl (C=O) groups excluding carboxylic acids is 1. The molecule has 94 valence electrons. The fourth-order valence-corrected chi connectivity index (χ4v) is 2.96. The normalized spacial score (nSPS) is 11.8. The van der Waals surface area contributed by atoms with E-state index in [0.29, 0.717) is 6.54 Å². The number of hydrogen-bond donors (Lipinski definition) is 0. The van der Waals surface area contributed by atoms with Crippen LogP contribution in [-0.4, -0.2) is 10.5 Å². The summed E-state index contributed by atoms with van der Waals surface area (Å²) in [6, 6.07) is 8.06. The van der Waals surface area contributed by atoms with Crippen molar-refractivity contribution in [3.05, 3.63) is 50.2 Å². The maximum absolute atomic E-state index is 11.1. The quantitative estimate of drug-likeness (QED) is 0.835. The van der Waals surface area contributed by atoms with Crippen molar-refractivity contribution in [2.75, 3.05) is 0 Å². The van der Waals surface area contributed by atoms with Gasteiger partial charge in [-0.15, -0.1) is 11.3 Å². The van der Waals surface area contributed by atoms with E-state index in [1.165, 1.54) is 23.8 Å². The van der Waals surface area contributed by atoms with Crippen molar-refractivity contribution in [2.45, 2.75) is 20.4 Å². The van der Waals surface area contributed by atoms with Crippen molar-refractivity contribution in [1.82, 2.24) is 4.57 Å². The summed E-state index contributed by atoms with van der Waals surface area (Å²) in [4.78, 5) is 15.9. The van der Waals surface area contributed by atoms with Gasteiger partial charge in [0.05, 0.1) is 6.54 Å². The Morgan fingerprint density at radius 3 is 2.83 bits per heavy atom. The minimum atomic E-state index is -0.169. The van der Waals surface area contributed by atoms with E-state index in [0.717, 1.165) is 15.0 Å². The van der Waals surface area contributed by atoms with E-state index < -0.39 is 0 Å².